The van der Waals surface area contributed by atoms with E-state index in [1.165, 1.54) is 11.1 Å². The Labute approximate surface area is 112 Å². The number of fused-ring (bicyclic) bond motifs is 3. The van der Waals surface area contributed by atoms with Gasteiger partial charge in [-0.05, 0) is 0 Å². The molecule has 92 valence electrons. The van der Waals surface area contributed by atoms with Crippen LogP contribution in [-0.4, -0.2) is 13.3 Å². The van der Waals surface area contributed by atoms with Gasteiger partial charge in [0.2, 0.25) is 0 Å². The topological polar surface area (TPSA) is 0 Å². The van der Waals surface area contributed by atoms with Gasteiger partial charge in [0, 0.05) is 0 Å². The summed E-state index contributed by atoms with van der Waals surface area (Å²) in [6.07, 6.45) is 0. The Morgan fingerprint density at radius 2 is 1.11 bits per heavy atom. The van der Waals surface area contributed by atoms with E-state index in [2.05, 4.69) is 72.7 Å². The van der Waals surface area contributed by atoms with Crippen LogP contribution in [0.15, 0.2) is 48.5 Å². The molecule has 1 aliphatic rings. The number of benzene rings is 2. The summed E-state index contributed by atoms with van der Waals surface area (Å²) in [7, 11) is 0. The SMILES string of the molecule is C[C]1([Ge]([CH3])([CH3])[CH3])c2ccccc2-c2ccccc21. The molecule has 0 saturated carbocycles. The Morgan fingerprint density at radius 1 is 0.722 bits per heavy atom. The Hall–Kier alpha value is -1.02. The van der Waals surface area contributed by atoms with Crippen molar-refractivity contribution in [3.05, 3.63) is 59.7 Å². The summed E-state index contributed by atoms with van der Waals surface area (Å²) in [6.45, 7) is 2.47. The van der Waals surface area contributed by atoms with Gasteiger partial charge >= 0.3 is 112 Å². The van der Waals surface area contributed by atoms with E-state index in [0.29, 0.717) is 0 Å². The quantitative estimate of drug-likeness (QED) is 0.660. The van der Waals surface area contributed by atoms with Crippen molar-refractivity contribution in [2.45, 2.75) is 28.4 Å². The molecule has 0 spiro atoms. The fraction of sp³-hybridized carbons (Fsp3) is 0.294. The Bertz CT molecular complexity index is 560. The van der Waals surface area contributed by atoms with E-state index in [1.807, 2.05) is 0 Å². The molecular weight excluding hydrogens is 277 g/mol. The van der Waals surface area contributed by atoms with Gasteiger partial charge in [-0.2, -0.15) is 0 Å². The zero-order valence-corrected chi connectivity index (χ0v) is 13.7. The minimum absolute atomic E-state index is 0.285. The molecule has 0 nitrogen and oxygen atoms in total. The molecule has 0 bridgehead atoms. The maximum atomic E-state index is 2.53. The molecule has 0 unspecified atom stereocenters. The van der Waals surface area contributed by atoms with Gasteiger partial charge in [-0.25, -0.2) is 0 Å². The zero-order chi connectivity index (χ0) is 13.0. The monoisotopic (exact) mass is 298 g/mol. The van der Waals surface area contributed by atoms with Crippen LogP contribution < -0.4 is 0 Å². The second kappa shape index (κ2) is 3.74. The predicted octanol–water partition coefficient (Wildman–Crippen LogP) is 4.85. The molecule has 0 atom stereocenters. The molecular formula is C17H20Ge. The maximum absolute atomic E-state index is 2.53. The molecule has 0 radical (unpaired) electrons. The van der Waals surface area contributed by atoms with Crippen molar-refractivity contribution in [1.29, 1.82) is 0 Å². The molecule has 1 heteroatoms. The van der Waals surface area contributed by atoms with Crippen molar-refractivity contribution in [2.75, 3.05) is 0 Å². The summed E-state index contributed by atoms with van der Waals surface area (Å²) in [6, 6.07) is 18.0. The van der Waals surface area contributed by atoms with Gasteiger partial charge in [0.25, 0.3) is 0 Å². The second-order valence-corrected chi connectivity index (χ2v) is 18.0. The number of hydrogen-bond acceptors (Lipinski definition) is 0. The van der Waals surface area contributed by atoms with E-state index in [-0.39, 0.29) is 4.25 Å². The van der Waals surface area contributed by atoms with Crippen LogP contribution in [0.2, 0.25) is 17.3 Å². The van der Waals surface area contributed by atoms with Gasteiger partial charge < -0.3 is 0 Å². The second-order valence-electron chi connectivity index (χ2n) is 6.47. The fourth-order valence-electron chi connectivity index (χ4n) is 3.26. The van der Waals surface area contributed by atoms with E-state index in [4.69, 9.17) is 0 Å². The summed E-state index contributed by atoms with van der Waals surface area (Å²) in [5.41, 5.74) is 6.02. The van der Waals surface area contributed by atoms with Gasteiger partial charge in [-0.15, -0.1) is 0 Å². The van der Waals surface area contributed by atoms with Crippen molar-refractivity contribution < 1.29 is 0 Å². The third-order valence-corrected chi connectivity index (χ3v) is 12.1. The fourth-order valence-corrected chi connectivity index (χ4v) is 7.57. The number of rotatable bonds is 1. The van der Waals surface area contributed by atoms with Crippen LogP contribution >= 0.6 is 0 Å². The summed E-state index contributed by atoms with van der Waals surface area (Å²) >= 11 is -1.90. The van der Waals surface area contributed by atoms with Crippen LogP contribution in [0.25, 0.3) is 11.1 Å². The van der Waals surface area contributed by atoms with E-state index < -0.39 is 13.3 Å². The Kier molecular flexibility index (Phi) is 2.50. The van der Waals surface area contributed by atoms with Gasteiger partial charge in [-0.3, -0.25) is 0 Å². The Morgan fingerprint density at radius 3 is 1.50 bits per heavy atom. The van der Waals surface area contributed by atoms with Crippen LogP contribution in [0, 0.1) is 0 Å². The van der Waals surface area contributed by atoms with Crippen molar-refractivity contribution in [3.8, 4) is 11.1 Å². The van der Waals surface area contributed by atoms with Crippen LogP contribution in [0.3, 0.4) is 0 Å². The van der Waals surface area contributed by atoms with E-state index >= 15 is 0 Å². The van der Waals surface area contributed by atoms with Crippen LogP contribution in [0.1, 0.15) is 18.1 Å². The molecule has 2 aromatic carbocycles. The molecule has 0 N–H and O–H groups in total. The van der Waals surface area contributed by atoms with Gasteiger partial charge in [0.05, 0.1) is 0 Å². The van der Waals surface area contributed by atoms with Crippen molar-refractivity contribution in [3.63, 3.8) is 0 Å². The average Bonchev–Trinajstić information content (AvgIpc) is 2.62. The first-order valence-electron chi connectivity index (χ1n) is 6.65. The first-order valence-corrected chi connectivity index (χ1v) is 14.0. The van der Waals surface area contributed by atoms with Crippen LogP contribution in [0.5, 0.6) is 0 Å². The third-order valence-electron chi connectivity index (χ3n) is 4.72. The Balaban J connectivity index is 2.41. The van der Waals surface area contributed by atoms with Crippen LogP contribution in [0.4, 0.5) is 0 Å². The molecule has 0 fully saturated rings. The first-order chi connectivity index (χ1) is 8.46. The average molecular weight is 297 g/mol. The molecule has 0 heterocycles. The third kappa shape index (κ3) is 1.39. The standard InChI is InChI=1S/C17H20Ge/c1-17(18(2,3)4)15-11-7-5-9-13(15)14-10-6-8-12-16(14)17/h5-12H,1-4H3. The van der Waals surface area contributed by atoms with Crippen LogP contribution in [-0.2, 0) is 4.25 Å². The molecule has 0 aliphatic heterocycles. The molecule has 3 rings (SSSR count). The summed E-state index contributed by atoms with van der Waals surface area (Å²) in [5, 5.41) is 0. The summed E-state index contributed by atoms with van der Waals surface area (Å²) in [4.78, 5) is 0. The molecule has 1 aliphatic carbocycles. The minimum atomic E-state index is -1.90. The normalized spacial score (nSPS) is 16.2. The van der Waals surface area contributed by atoms with Crippen molar-refractivity contribution in [2.24, 2.45) is 0 Å². The molecule has 2 aromatic rings. The molecule has 0 aromatic heterocycles. The van der Waals surface area contributed by atoms with E-state index in [0.717, 1.165) is 0 Å². The van der Waals surface area contributed by atoms with E-state index in [1.54, 1.807) is 11.1 Å². The molecule has 0 saturated heterocycles. The van der Waals surface area contributed by atoms with Crippen molar-refractivity contribution >= 4 is 13.3 Å². The number of hydrogen-bond donors (Lipinski definition) is 0. The van der Waals surface area contributed by atoms with Gasteiger partial charge in [0.1, 0.15) is 0 Å². The predicted molar refractivity (Wildman–Crippen MR) is 81.7 cm³/mol. The molecule has 0 amide bonds. The summed E-state index contributed by atoms with van der Waals surface area (Å²) in [5.74, 6) is 7.58. The zero-order valence-electron chi connectivity index (χ0n) is 11.6. The molecule has 18 heavy (non-hydrogen) atoms. The van der Waals surface area contributed by atoms with Crippen molar-refractivity contribution in [1.82, 2.24) is 0 Å². The van der Waals surface area contributed by atoms with Gasteiger partial charge in [-0.1, -0.05) is 0 Å². The first kappa shape index (κ1) is 12.0. The van der Waals surface area contributed by atoms with Gasteiger partial charge in [0.15, 0.2) is 0 Å². The summed E-state index contributed by atoms with van der Waals surface area (Å²) < 4.78 is 0.285. The van der Waals surface area contributed by atoms with E-state index in [9.17, 15) is 0 Å².